The van der Waals surface area contributed by atoms with E-state index in [2.05, 4.69) is 42.2 Å². The Hall–Kier alpha value is -3.12. The van der Waals surface area contributed by atoms with Gasteiger partial charge in [0.2, 0.25) is 0 Å². The third-order valence-electron chi connectivity index (χ3n) is 7.03. The summed E-state index contributed by atoms with van der Waals surface area (Å²) in [4.78, 5) is 15.2. The standard InChI is InChI=1S/C27H32N4O2/c1-3-14-31-24-12-11-20(17-22(24)26(29-31)27(32)30-15-6-7-16-30)28-18-23-21-9-5-4-8-19(21)10-13-25(23)33-2/h3-5,8-10,13,20,28H,1,6-7,11-12,14-18H2,2H3/t20-/m1/s1. The number of aromatic nitrogens is 2. The van der Waals surface area contributed by atoms with Gasteiger partial charge in [-0.15, -0.1) is 6.58 Å². The second-order valence-electron chi connectivity index (χ2n) is 9.03. The van der Waals surface area contributed by atoms with Crippen molar-refractivity contribution in [2.45, 2.75) is 51.2 Å². The molecule has 1 fully saturated rings. The van der Waals surface area contributed by atoms with Gasteiger partial charge in [0.15, 0.2) is 5.69 Å². The number of carbonyl (C=O) groups excluding carboxylic acids is 1. The largest absolute Gasteiger partial charge is 0.496 e. The number of ether oxygens (including phenoxy) is 1. The van der Waals surface area contributed by atoms with Crippen LogP contribution >= 0.6 is 0 Å². The minimum absolute atomic E-state index is 0.0861. The molecule has 6 nitrogen and oxygen atoms in total. The minimum atomic E-state index is 0.0861. The Balaban J connectivity index is 1.39. The third-order valence-corrected chi connectivity index (χ3v) is 7.03. The quantitative estimate of drug-likeness (QED) is 0.557. The number of allylic oxidation sites excluding steroid dienone is 1. The average molecular weight is 445 g/mol. The lowest BCUT2D eigenvalue weighted by atomic mass is 9.90. The Kier molecular flexibility index (Phi) is 6.18. The Morgan fingerprint density at radius 3 is 2.85 bits per heavy atom. The first-order chi connectivity index (χ1) is 16.2. The van der Waals surface area contributed by atoms with Gasteiger partial charge >= 0.3 is 0 Å². The van der Waals surface area contributed by atoms with Gasteiger partial charge in [-0.05, 0) is 48.9 Å². The highest BCUT2D eigenvalue weighted by Crippen LogP contribution is 2.30. The van der Waals surface area contributed by atoms with Crippen LogP contribution in [0.25, 0.3) is 10.8 Å². The highest BCUT2D eigenvalue weighted by molar-refractivity contribution is 5.94. The number of carbonyl (C=O) groups is 1. The van der Waals surface area contributed by atoms with Crippen LogP contribution in [0.5, 0.6) is 5.75 Å². The zero-order chi connectivity index (χ0) is 22.8. The van der Waals surface area contributed by atoms with Gasteiger partial charge in [0.05, 0.1) is 13.7 Å². The van der Waals surface area contributed by atoms with Crippen LogP contribution in [-0.4, -0.2) is 46.8 Å². The molecule has 2 aromatic carbocycles. The van der Waals surface area contributed by atoms with Crippen molar-refractivity contribution in [3.63, 3.8) is 0 Å². The van der Waals surface area contributed by atoms with Crippen LogP contribution in [0.4, 0.5) is 0 Å². The van der Waals surface area contributed by atoms with E-state index in [1.54, 1.807) is 7.11 Å². The van der Waals surface area contributed by atoms with Crippen LogP contribution in [-0.2, 0) is 25.9 Å². The van der Waals surface area contributed by atoms with Gasteiger partial charge in [-0.2, -0.15) is 5.10 Å². The van der Waals surface area contributed by atoms with Crippen molar-refractivity contribution in [1.29, 1.82) is 0 Å². The van der Waals surface area contributed by atoms with E-state index >= 15 is 0 Å². The van der Waals surface area contributed by atoms with Gasteiger partial charge in [-0.1, -0.05) is 36.4 Å². The molecule has 3 aromatic rings. The van der Waals surface area contributed by atoms with Crippen LogP contribution in [0.15, 0.2) is 49.1 Å². The number of rotatable bonds is 7. The first-order valence-electron chi connectivity index (χ1n) is 12.0. The summed E-state index contributed by atoms with van der Waals surface area (Å²) in [6.07, 6.45) is 6.76. The third kappa shape index (κ3) is 4.15. The first kappa shape index (κ1) is 21.7. The van der Waals surface area contributed by atoms with Crippen molar-refractivity contribution in [3.05, 3.63) is 71.6 Å². The molecule has 2 heterocycles. The van der Waals surface area contributed by atoms with E-state index in [9.17, 15) is 4.79 Å². The summed E-state index contributed by atoms with van der Waals surface area (Å²) >= 11 is 0. The maximum atomic E-state index is 13.2. The summed E-state index contributed by atoms with van der Waals surface area (Å²) in [6, 6.07) is 12.9. The van der Waals surface area contributed by atoms with Crippen LogP contribution in [0.3, 0.4) is 0 Å². The molecular weight excluding hydrogens is 412 g/mol. The molecule has 172 valence electrons. The van der Waals surface area contributed by atoms with Gasteiger partial charge < -0.3 is 15.0 Å². The lowest BCUT2D eigenvalue weighted by Crippen LogP contribution is -2.36. The predicted molar refractivity (Wildman–Crippen MR) is 131 cm³/mol. The molecule has 0 radical (unpaired) electrons. The molecule has 0 unspecified atom stereocenters. The molecule has 1 aliphatic carbocycles. The number of nitrogens with zero attached hydrogens (tertiary/aromatic N) is 3. The molecule has 1 atom stereocenters. The number of methoxy groups -OCH3 is 1. The fourth-order valence-corrected chi connectivity index (χ4v) is 5.31. The maximum absolute atomic E-state index is 13.2. The topological polar surface area (TPSA) is 59.4 Å². The van der Waals surface area contributed by atoms with E-state index < -0.39 is 0 Å². The van der Waals surface area contributed by atoms with E-state index in [1.165, 1.54) is 22.0 Å². The molecular formula is C27H32N4O2. The fourth-order valence-electron chi connectivity index (χ4n) is 5.31. The average Bonchev–Trinajstić information content (AvgIpc) is 3.51. The molecule has 1 saturated heterocycles. The molecule has 1 aliphatic heterocycles. The summed E-state index contributed by atoms with van der Waals surface area (Å²) in [5, 5.41) is 10.9. The zero-order valence-electron chi connectivity index (χ0n) is 19.3. The normalized spacial score (nSPS) is 17.8. The van der Waals surface area contributed by atoms with Gasteiger partial charge in [-0.25, -0.2) is 0 Å². The monoisotopic (exact) mass is 444 g/mol. The molecule has 0 spiro atoms. The van der Waals surface area contributed by atoms with Crippen LogP contribution in [0.2, 0.25) is 0 Å². The predicted octanol–water partition coefficient (Wildman–Crippen LogP) is 4.11. The number of hydrogen-bond acceptors (Lipinski definition) is 4. The number of nitrogens with one attached hydrogen (secondary N) is 1. The van der Waals surface area contributed by atoms with Crippen molar-refractivity contribution < 1.29 is 9.53 Å². The maximum Gasteiger partial charge on any atom is 0.274 e. The van der Waals surface area contributed by atoms with E-state index in [1.807, 2.05) is 21.7 Å². The minimum Gasteiger partial charge on any atom is -0.496 e. The van der Waals surface area contributed by atoms with Gasteiger partial charge in [-0.3, -0.25) is 9.48 Å². The van der Waals surface area contributed by atoms with Gasteiger partial charge in [0, 0.05) is 42.5 Å². The SMILES string of the molecule is C=CCn1nc(C(=O)N2CCCC2)c2c1CC[C@@H](NCc1c(OC)ccc3ccccc13)C2. The number of likely N-dealkylation sites (tertiary alicyclic amines) is 1. The van der Waals surface area contributed by atoms with Crippen LogP contribution < -0.4 is 10.1 Å². The number of amides is 1. The Bertz CT molecular complexity index is 1180. The fraction of sp³-hybridized carbons (Fsp3) is 0.407. The van der Waals surface area contributed by atoms with Crippen molar-refractivity contribution in [2.75, 3.05) is 20.2 Å². The summed E-state index contributed by atoms with van der Waals surface area (Å²) in [5.74, 6) is 0.990. The number of fused-ring (bicyclic) bond motifs is 2. The first-order valence-corrected chi connectivity index (χ1v) is 12.0. The molecule has 1 N–H and O–H groups in total. The summed E-state index contributed by atoms with van der Waals surface area (Å²) in [6.45, 7) is 6.91. The van der Waals surface area contributed by atoms with Crippen molar-refractivity contribution in [2.24, 2.45) is 0 Å². The second-order valence-corrected chi connectivity index (χ2v) is 9.03. The Morgan fingerprint density at radius 1 is 1.24 bits per heavy atom. The molecule has 6 heteroatoms. The lowest BCUT2D eigenvalue weighted by molar-refractivity contribution is 0.0785. The van der Waals surface area contributed by atoms with Crippen molar-refractivity contribution in [3.8, 4) is 5.75 Å². The molecule has 1 aromatic heterocycles. The molecule has 0 saturated carbocycles. The summed E-state index contributed by atoms with van der Waals surface area (Å²) in [5.41, 5.74) is 4.13. The van der Waals surface area contributed by atoms with E-state index in [0.717, 1.165) is 63.1 Å². The Morgan fingerprint density at radius 2 is 2.06 bits per heavy atom. The highest BCUT2D eigenvalue weighted by Gasteiger charge is 2.31. The van der Waals surface area contributed by atoms with Gasteiger partial charge in [0.25, 0.3) is 5.91 Å². The van der Waals surface area contributed by atoms with E-state index in [-0.39, 0.29) is 11.9 Å². The number of benzene rings is 2. The van der Waals surface area contributed by atoms with Crippen molar-refractivity contribution in [1.82, 2.24) is 20.0 Å². The van der Waals surface area contributed by atoms with E-state index in [0.29, 0.717) is 12.2 Å². The highest BCUT2D eigenvalue weighted by atomic mass is 16.5. The van der Waals surface area contributed by atoms with Crippen LogP contribution in [0, 0.1) is 0 Å². The molecule has 1 amide bonds. The van der Waals surface area contributed by atoms with Crippen LogP contribution in [0.1, 0.15) is 46.6 Å². The Labute approximate surface area is 195 Å². The molecule has 0 bridgehead atoms. The van der Waals surface area contributed by atoms with Gasteiger partial charge in [0.1, 0.15) is 5.75 Å². The lowest BCUT2D eigenvalue weighted by Gasteiger charge is -2.25. The molecule has 33 heavy (non-hydrogen) atoms. The molecule has 2 aliphatic rings. The smallest absolute Gasteiger partial charge is 0.274 e. The van der Waals surface area contributed by atoms with Crippen molar-refractivity contribution >= 4 is 16.7 Å². The zero-order valence-corrected chi connectivity index (χ0v) is 19.3. The summed E-state index contributed by atoms with van der Waals surface area (Å²) < 4.78 is 7.66. The summed E-state index contributed by atoms with van der Waals surface area (Å²) in [7, 11) is 1.73. The van der Waals surface area contributed by atoms with E-state index in [4.69, 9.17) is 9.84 Å². The molecule has 5 rings (SSSR count). The number of hydrogen-bond donors (Lipinski definition) is 1. The second kappa shape index (κ2) is 9.40.